The van der Waals surface area contributed by atoms with Gasteiger partial charge >= 0.3 is 0 Å². The van der Waals surface area contributed by atoms with Crippen LogP contribution in [0.3, 0.4) is 0 Å². The van der Waals surface area contributed by atoms with Gasteiger partial charge in [-0.15, -0.1) is 23.2 Å². The van der Waals surface area contributed by atoms with Crippen LogP contribution in [0.4, 0.5) is 10.1 Å². The molecule has 1 saturated carbocycles. The predicted octanol–water partition coefficient (Wildman–Crippen LogP) is 4.42. The van der Waals surface area contributed by atoms with Gasteiger partial charge in [-0.05, 0) is 79.3 Å². The van der Waals surface area contributed by atoms with Crippen molar-refractivity contribution in [2.24, 2.45) is 17.8 Å². The van der Waals surface area contributed by atoms with Crippen LogP contribution in [0.2, 0.25) is 0 Å². The van der Waals surface area contributed by atoms with Crippen LogP contribution in [-0.2, 0) is 32.2 Å². The van der Waals surface area contributed by atoms with Gasteiger partial charge in [-0.1, -0.05) is 23.8 Å². The summed E-state index contributed by atoms with van der Waals surface area (Å²) in [6, 6.07) is 14.4. The van der Waals surface area contributed by atoms with Crippen LogP contribution in [0, 0.1) is 23.6 Å². The standard InChI is InChI=1S/C33H27Cl2FN2O7/c34-32-15-24-22(10-11-23-26(24)29(42)37(28(23)41)14-13-17-1-7-20(40)8-2-17)27(25-12-9-21(16-39)45-25)33(32,35)31(44)38(30(32)43)19-5-3-18(36)4-6-19/h1-10,12,23-24,26-27,39-40H,11,13-16H2. The lowest BCUT2D eigenvalue weighted by Crippen LogP contribution is -2.60. The molecule has 45 heavy (non-hydrogen) atoms. The van der Waals surface area contributed by atoms with Gasteiger partial charge in [0.15, 0.2) is 9.75 Å². The van der Waals surface area contributed by atoms with Crippen molar-refractivity contribution in [2.75, 3.05) is 11.4 Å². The van der Waals surface area contributed by atoms with Crippen LogP contribution in [0.15, 0.2) is 76.7 Å². The number of allylic oxidation sites excluding steroid dienone is 2. The van der Waals surface area contributed by atoms with Gasteiger partial charge in [-0.2, -0.15) is 0 Å². The second-order valence-corrected chi connectivity index (χ2v) is 13.2. The summed E-state index contributed by atoms with van der Waals surface area (Å²) in [5.41, 5.74) is 1.47. The third-order valence-corrected chi connectivity index (χ3v) is 11.1. The van der Waals surface area contributed by atoms with E-state index in [9.17, 15) is 33.8 Å². The zero-order valence-corrected chi connectivity index (χ0v) is 25.2. The summed E-state index contributed by atoms with van der Waals surface area (Å²) in [5, 5.41) is 19.3. The first-order valence-corrected chi connectivity index (χ1v) is 15.3. The van der Waals surface area contributed by atoms with Crippen LogP contribution in [-0.4, -0.2) is 55.0 Å². The van der Waals surface area contributed by atoms with Crippen LogP contribution in [0.5, 0.6) is 5.75 Å². The van der Waals surface area contributed by atoms with Gasteiger partial charge in [-0.25, -0.2) is 9.29 Å². The highest BCUT2D eigenvalue weighted by atomic mass is 35.5. The highest BCUT2D eigenvalue weighted by Crippen LogP contribution is 2.65. The summed E-state index contributed by atoms with van der Waals surface area (Å²) in [6.45, 7) is -0.307. The lowest BCUT2D eigenvalue weighted by Gasteiger charge is -2.49. The summed E-state index contributed by atoms with van der Waals surface area (Å²) >= 11 is 14.6. The number of nitrogens with zero attached hydrogens (tertiary/aromatic N) is 2. The molecule has 2 saturated heterocycles. The average molecular weight is 653 g/mol. The maximum atomic E-state index is 14.3. The number of halogens is 3. The monoisotopic (exact) mass is 652 g/mol. The molecule has 3 heterocycles. The fraction of sp³-hybridized carbons (Fsp3) is 0.333. The minimum absolute atomic E-state index is 0.0810. The normalized spacial score (nSPS) is 30.8. The number of alkyl halides is 2. The molecule has 2 aliphatic carbocycles. The van der Waals surface area contributed by atoms with Crippen molar-refractivity contribution in [1.29, 1.82) is 0 Å². The molecule has 4 amide bonds. The Bertz CT molecular complexity index is 1770. The Balaban J connectivity index is 1.30. The van der Waals surface area contributed by atoms with Gasteiger partial charge in [0, 0.05) is 6.54 Å². The number of aliphatic hydroxyl groups is 1. The molecule has 0 bridgehead atoms. The average Bonchev–Trinajstić information content (AvgIpc) is 3.64. The summed E-state index contributed by atoms with van der Waals surface area (Å²) in [4.78, 5) is 54.0. The number of phenols is 1. The lowest BCUT2D eigenvalue weighted by molar-refractivity contribution is -0.140. The van der Waals surface area contributed by atoms with Crippen molar-refractivity contribution in [1.82, 2.24) is 4.90 Å². The van der Waals surface area contributed by atoms with Crippen LogP contribution >= 0.6 is 23.2 Å². The number of imide groups is 2. The van der Waals surface area contributed by atoms with Crippen molar-refractivity contribution in [3.05, 3.63) is 95.2 Å². The van der Waals surface area contributed by atoms with Crippen molar-refractivity contribution in [3.63, 3.8) is 0 Å². The number of hydrogen-bond acceptors (Lipinski definition) is 7. The number of benzene rings is 2. The summed E-state index contributed by atoms with van der Waals surface area (Å²) in [5.74, 6) is -5.87. The molecule has 7 rings (SSSR count). The highest BCUT2D eigenvalue weighted by molar-refractivity contribution is 6.58. The molecule has 3 fully saturated rings. The number of carbonyl (C=O) groups is 4. The number of furan rings is 1. The van der Waals surface area contributed by atoms with Crippen molar-refractivity contribution >= 4 is 52.5 Å². The SMILES string of the molecule is O=C1C2CC=C3C(CC4(Cl)C(=O)N(c5ccc(F)cc5)C(=O)C4(Cl)C3c3ccc(CO)o3)C2C(=O)N1CCc1ccc(O)cc1. The number of aliphatic hydroxyl groups excluding tert-OH is 1. The summed E-state index contributed by atoms with van der Waals surface area (Å²) in [6.07, 6.45) is 2.17. The third-order valence-electron chi connectivity index (χ3n) is 9.67. The number of anilines is 1. The molecule has 9 nitrogen and oxygen atoms in total. The maximum Gasteiger partial charge on any atom is 0.258 e. The van der Waals surface area contributed by atoms with Crippen LogP contribution in [0.1, 0.15) is 35.8 Å². The Labute approximate surface area is 266 Å². The van der Waals surface area contributed by atoms with E-state index in [1.165, 1.54) is 35.2 Å². The number of hydrogen-bond donors (Lipinski definition) is 2. The molecule has 1 aromatic heterocycles. The first-order chi connectivity index (χ1) is 21.5. The van der Waals surface area contributed by atoms with Gasteiger partial charge in [0.2, 0.25) is 11.8 Å². The van der Waals surface area contributed by atoms with Gasteiger partial charge in [0.25, 0.3) is 11.8 Å². The van der Waals surface area contributed by atoms with Gasteiger partial charge in [-0.3, -0.25) is 24.1 Å². The number of carbonyl (C=O) groups excluding carboxylic acids is 4. The Morgan fingerprint density at radius 1 is 0.911 bits per heavy atom. The van der Waals surface area contributed by atoms with Crippen molar-refractivity contribution in [3.8, 4) is 5.75 Å². The molecule has 232 valence electrons. The van der Waals surface area contributed by atoms with Gasteiger partial charge in [0.1, 0.15) is 29.7 Å². The Morgan fingerprint density at radius 2 is 1.62 bits per heavy atom. The molecule has 3 aromatic rings. The topological polar surface area (TPSA) is 128 Å². The van der Waals surface area contributed by atoms with E-state index in [0.717, 1.165) is 22.6 Å². The number of fused-ring (bicyclic) bond motifs is 4. The van der Waals surface area contributed by atoms with E-state index in [-0.39, 0.29) is 48.3 Å². The second-order valence-electron chi connectivity index (χ2n) is 12.0. The molecule has 4 aliphatic rings. The number of phenolic OH excluding ortho intramolecular Hbond substituents is 1. The Hall–Kier alpha value is -3.99. The minimum Gasteiger partial charge on any atom is -0.508 e. The second kappa shape index (κ2) is 10.5. The fourth-order valence-corrected chi connectivity index (χ4v) is 8.45. The lowest BCUT2D eigenvalue weighted by atomic mass is 9.57. The van der Waals surface area contributed by atoms with Crippen LogP contribution in [0.25, 0.3) is 0 Å². The molecule has 2 aliphatic heterocycles. The first kappa shape index (κ1) is 29.7. The molecule has 2 aromatic carbocycles. The summed E-state index contributed by atoms with van der Waals surface area (Å²) < 4.78 is 19.7. The molecule has 2 N–H and O–H groups in total. The molecule has 6 atom stereocenters. The van der Waals surface area contributed by atoms with E-state index in [1.54, 1.807) is 24.3 Å². The summed E-state index contributed by atoms with van der Waals surface area (Å²) in [7, 11) is 0. The highest BCUT2D eigenvalue weighted by Gasteiger charge is 2.77. The van der Waals surface area contributed by atoms with Crippen molar-refractivity contribution < 1.29 is 38.2 Å². The molecule has 12 heteroatoms. The largest absolute Gasteiger partial charge is 0.508 e. The Kier molecular flexibility index (Phi) is 6.96. The van der Waals surface area contributed by atoms with E-state index < -0.39 is 63.6 Å². The fourth-order valence-electron chi connectivity index (χ4n) is 7.53. The van der Waals surface area contributed by atoms with E-state index in [0.29, 0.717) is 12.0 Å². The zero-order chi connectivity index (χ0) is 31.8. The van der Waals surface area contributed by atoms with Gasteiger partial charge < -0.3 is 14.6 Å². The number of amides is 4. The number of aromatic hydroxyl groups is 1. The van der Waals surface area contributed by atoms with E-state index in [1.807, 2.05) is 0 Å². The quantitative estimate of drug-likeness (QED) is 0.229. The van der Waals surface area contributed by atoms with Crippen molar-refractivity contribution in [2.45, 2.75) is 41.5 Å². The van der Waals surface area contributed by atoms with E-state index >= 15 is 0 Å². The van der Waals surface area contributed by atoms with E-state index in [2.05, 4.69) is 0 Å². The molecule has 0 radical (unpaired) electrons. The third kappa shape index (κ3) is 4.22. The smallest absolute Gasteiger partial charge is 0.258 e. The maximum absolute atomic E-state index is 14.3. The van der Waals surface area contributed by atoms with Crippen LogP contribution < -0.4 is 4.90 Å². The van der Waals surface area contributed by atoms with Gasteiger partial charge in [0.05, 0.1) is 23.4 Å². The minimum atomic E-state index is -2.11. The molecule has 6 unspecified atom stereocenters. The Morgan fingerprint density at radius 3 is 2.29 bits per heavy atom. The molecular weight excluding hydrogens is 626 g/mol. The zero-order valence-electron chi connectivity index (χ0n) is 23.7. The first-order valence-electron chi connectivity index (χ1n) is 14.5. The predicted molar refractivity (Wildman–Crippen MR) is 160 cm³/mol. The molecular formula is C33H27Cl2FN2O7. The van der Waals surface area contributed by atoms with E-state index in [4.69, 9.17) is 27.6 Å². The number of rotatable bonds is 6. The molecule has 0 spiro atoms. The number of likely N-dealkylation sites (tertiary alicyclic amines) is 1.